The molecule has 18 heavy (non-hydrogen) atoms. The molecule has 0 unspecified atom stereocenters. The van der Waals surface area contributed by atoms with Gasteiger partial charge in [-0.25, -0.2) is 0 Å². The second-order valence-electron chi connectivity index (χ2n) is 4.10. The van der Waals surface area contributed by atoms with Gasteiger partial charge in [-0.2, -0.15) is 5.10 Å². The number of likely N-dealkylation sites (N-methyl/N-ethyl adjacent to an activating group) is 1. The number of rotatable bonds is 5. The van der Waals surface area contributed by atoms with Gasteiger partial charge in [0, 0.05) is 31.1 Å². The average Bonchev–Trinajstić information content (AvgIpc) is 2.85. The van der Waals surface area contributed by atoms with Gasteiger partial charge in [-0.05, 0) is 19.1 Å². The highest BCUT2D eigenvalue weighted by Gasteiger charge is 2.12. The summed E-state index contributed by atoms with van der Waals surface area (Å²) in [6, 6.07) is 5.53. The average molecular weight is 247 g/mol. The Morgan fingerprint density at radius 3 is 3.11 bits per heavy atom. The first-order chi connectivity index (χ1) is 8.72. The number of H-pyrrole nitrogens is 1. The van der Waals surface area contributed by atoms with Gasteiger partial charge in [-0.15, -0.1) is 0 Å². The topological polar surface area (TPSA) is 58.2 Å². The first-order valence-corrected chi connectivity index (χ1v) is 5.98. The first-order valence-electron chi connectivity index (χ1n) is 5.98. The SMILES string of the molecule is CCOCCN(C)C(=O)c1ccc2cn[nH]c2c1. The van der Waals surface area contributed by atoms with Crippen LogP contribution in [0.4, 0.5) is 0 Å². The number of nitrogens with zero attached hydrogens (tertiary/aromatic N) is 2. The molecule has 1 amide bonds. The summed E-state index contributed by atoms with van der Waals surface area (Å²) >= 11 is 0. The molecular formula is C13H17N3O2. The van der Waals surface area contributed by atoms with Gasteiger partial charge in [0.2, 0.25) is 0 Å². The molecule has 2 rings (SSSR count). The largest absolute Gasteiger partial charge is 0.380 e. The second kappa shape index (κ2) is 5.64. The van der Waals surface area contributed by atoms with E-state index in [9.17, 15) is 4.79 Å². The Kier molecular flexibility index (Phi) is 3.94. The molecule has 0 spiro atoms. The van der Waals surface area contributed by atoms with Gasteiger partial charge < -0.3 is 9.64 Å². The maximum absolute atomic E-state index is 12.1. The van der Waals surface area contributed by atoms with Crippen LogP contribution in [0.2, 0.25) is 0 Å². The number of aromatic nitrogens is 2. The molecule has 0 radical (unpaired) electrons. The first kappa shape index (κ1) is 12.6. The molecule has 5 heteroatoms. The third-order valence-corrected chi connectivity index (χ3v) is 2.81. The maximum Gasteiger partial charge on any atom is 0.253 e. The molecule has 0 saturated heterocycles. The summed E-state index contributed by atoms with van der Waals surface area (Å²) in [5.41, 5.74) is 1.53. The zero-order chi connectivity index (χ0) is 13.0. The Labute approximate surface area is 106 Å². The van der Waals surface area contributed by atoms with Crippen LogP contribution in [0.25, 0.3) is 10.9 Å². The molecule has 2 aromatic rings. The van der Waals surface area contributed by atoms with Gasteiger partial charge in [-0.3, -0.25) is 9.89 Å². The third kappa shape index (κ3) is 2.68. The predicted molar refractivity (Wildman–Crippen MR) is 69.5 cm³/mol. The smallest absolute Gasteiger partial charge is 0.253 e. The summed E-state index contributed by atoms with van der Waals surface area (Å²) in [5.74, 6) is -0.00815. The minimum Gasteiger partial charge on any atom is -0.380 e. The van der Waals surface area contributed by atoms with E-state index in [1.165, 1.54) is 0 Å². The van der Waals surface area contributed by atoms with Crippen molar-refractivity contribution in [2.24, 2.45) is 0 Å². The van der Waals surface area contributed by atoms with Crippen LogP contribution >= 0.6 is 0 Å². The summed E-state index contributed by atoms with van der Waals surface area (Å²) in [7, 11) is 1.78. The van der Waals surface area contributed by atoms with Crippen LogP contribution in [-0.2, 0) is 4.74 Å². The highest BCUT2D eigenvalue weighted by molar-refractivity contribution is 5.97. The molecule has 0 aliphatic rings. The highest BCUT2D eigenvalue weighted by atomic mass is 16.5. The number of ether oxygens (including phenoxy) is 1. The zero-order valence-electron chi connectivity index (χ0n) is 10.6. The number of benzene rings is 1. The summed E-state index contributed by atoms with van der Waals surface area (Å²) in [6.07, 6.45) is 1.74. The van der Waals surface area contributed by atoms with Crippen molar-refractivity contribution in [1.82, 2.24) is 15.1 Å². The summed E-state index contributed by atoms with van der Waals surface area (Å²) < 4.78 is 5.24. The van der Waals surface area contributed by atoms with Crippen LogP contribution < -0.4 is 0 Å². The highest BCUT2D eigenvalue weighted by Crippen LogP contribution is 2.13. The van der Waals surface area contributed by atoms with Crippen LogP contribution in [0.5, 0.6) is 0 Å². The van der Waals surface area contributed by atoms with E-state index < -0.39 is 0 Å². The molecule has 0 atom stereocenters. The number of aromatic amines is 1. The lowest BCUT2D eigenvalue weighted by Crippen LogP contribution is -2.30. The molecule has 0 aliphatic heterocycles. The van der Waals surface area contributed by atoms with Gasteiger partial charge in [0.05, 0.1) is 18.3 Å². The van der Waals surface area contributed by atoms with Crippen molar-refractivity contribution in [2.45, 2.75) is 6.92 Å². The predicted octanol–water partition coefficient (Wildman–Crippen LogP) is 1.67. The fourth-order valence-electron chi connectivity index (χ4n) is 1.74. The zero-order valence-corrected chi connectivity index (χ0v) is 10.6. The van der Waals surface area contributed by atoms with Crippen molar-refractivity contribution in [3.63, 3.8) is 0 Å². The van der Waals surface area contributed by atoms with Gasteiger partial charge in [-0.1, -0.05) is 6.07 Å². The molecule has 1 aromatic carbocycles. The monoisotopic (exact) mass is 247 g/mol. The van der Waals surface area contributed by atoms with Crippen molar-refractivity contribution < 1.29 is 9.53 Å². The molecule has 0 fully saturated rings. The summed E-state index contributed by atoms with van der Waals surface area (Å²) in [4.78, 5) is 13.8. The van der Waals surface area contributed by atoms with E-state index in [1.54, 1.807) is 18.1 Å². The molecule has 0 bridgehead atoms. The Bertz CT molecular complexity index is 536. The molecule has 1 N–H and O–H groups in total. The lowest BCUT2D eigenvalue weighted by atomic mass is 10.1. The van der Waals surface area contributed by atoms with Gasteiger partial charge >= 0.3 is 0 Å². The number of hydrogen-bond acceptors (Lipinski definition) is 3. The maximum atomic E-state index is 12.1. The van der Waals surface area contributed by atoms with Crippen LogP contribution in [0.15, 0.2) is 24.4 Å². The molecule has 1 heterocycles. The normalized spacial score (nSPS) is 10.8. The molecule has 1 aromatic heterocycles. The Balaban J connectivity index is 2.07. The van der Waals surface area contributed by atoms with Crippen LogP contribution in [-0.4, -0.2) is 47.8 Å². The number of amides is 1. The van der Waals surface area contributed by atoms with Crippen molar-refractivity contribution in [1.29, 1.82) is 0 Å². The Morgan fingerprint density at radius 1 is 1.50 bits per heavy atom. The van der Waals surface area contributed by atoms with E-state index in [0.717, 1.165) is 10.9 Å². The summed E-state index contributed by atoms with van der Waals surface area (Å²) in [5, 5.41) is 7.80. The lowest BCUT2D eigenvalue weighted by molar-refractivity contribution is 0.0710. The summed E-state index contributed by atoms with van der Waals surface area (Å²) in [6.45, 7) is 3.76. The minimum absolute atomic E-state index is 0.00815. The molecule has 0 aliphatic carbocycles. The molecular weight excluding hydrogens is 230 g/mol. The van der Waals surface area contributed by atoms with E-state index in [1.807, 2.05) is 25.1 Å². The van der Waals surface area contributed by atoms with Crippen LogP contribution in [0.1, 0.15) is 17.3 Å². The molecule has 5 nitrogen and oxygen atoms in total. The molecule has 0 saturated carbocycles. The number of carbonyl (C=O) groups excluding carboxylic acids is 1. The van der Waals surface area contributed by atoms with Crippen molar-refractivity contribution in [3.05, 3.63) is 30.0 Å². The quantitative estimate of drug-likeness (QED) is 0.818. The second-order valence-corrected chi connectivity index (χ2v) is 4.10. The molecule has 96 valence electrons. The van der Waals surface area contributed by atoms with Crippen molar-refractivity contribution >= 4 is 16.8 Å². The number of fused-ring (bicyclic) bond motifs is 1. The van der Waals surface area contributed by atoms with E-state index in [-0.39, 0.29) is 5.91 Å². The number of nitrogens with one attached hydrogen (secondary N) is 1. The lowest BCUT2D eigenvalue weighted by Gasteiger charge is -2.16. The Morgan fingerprint density at radius 2 is 2.33 bits per heavy atom. The van der Waals surface area contributed by atoms with Crippen LogP contribution in [0.3, 0.4) is 0 Å². The number of carbonyl (C=O) groups is 1. The van der Waals surface area contributed by atoms with Crippen molar-refractivity contribution in [2.75, 3.05) is 26.8 Å². The van der Waals surface area contributed by atoms with Crippen LogP contribution in [0, 0.1) is 0 Å². The number of hydrogen-bond donors (Lipinski definition) is 1. The Hall–Kier alpha value is -1.88. The van der Waals surface area contributed by atoms with Gasteiger partial charge in [0.25, 0.3) is 5.91 Å². The fraction of sp³-hybridized carbons (Fsp3) is 0.385. The fourth-order valence-corrected chi connectivity index (χ4v) is 1.74. The third-order valence-electron chi connectivity index (χ3n) is 2.81. The van der Waals surface area contributed by atoms with Gasteiger partial charge in [0.1, 0.15) is 0 Å². The van der Waals surface area contributed by atoms with E-state index >= 15 is 0 Å². The van der Waals surface area contributed by atoms with E-state index in [4.69, 9.17) is 4.74 Å². The van der Waals surface area contributed by atoms with E-state index in [0.29, 0.717) is 25.3 Å². The van der Waals surface area contributed by atoms with Gasteiger partial charge in [0.15, 0.2) is 0 Å². The standard InChI is InChI=1S/C13H17N3O2/c1-3-18-7-6-16(2)13(17)10-4-5-11-9-14-15-12(11)8-10/h4-5,8-9H,3,6-7H2,1-2H3,(H,14,15). The van der Waals surface area contributed by atoms with Crippen molar-refractivity contribution in [3.8, 4) is 0 Å². The minimum atomic E-state index is -0.00815. The van der Waals surface area contributed by atoms with E-state index in [2.05, 4.69) is 10.2 Å².